The Kier molecular flexibility index (Phi) is 9.78. The van der Waals surface area contributed by atoms with Crippen LogP contribution in [0.1, 0.15) is 39.5 Å². The van der Waals surface area contributed by atoms with Gasteiger partial charge in [-0.2, -0.15) is 0 Å². The normalized spacial score (nSPS) is 17.6. The Morgan fingerprint density at radius 2 is 2.00 bits per heavy atom. The van der Waals surface area contributed by atoms with Gasteiger partial charge in [0, 0.05) is 33.9 Å². The molecule has 1 aliphatic rings. The van der Waals surface area contributed by atoms with Gasteiger partial charge < -0.3 is 15.4 Å². The van der Waals surface area contributed by atoms with Crippen molar-refractivity contribution >= 4 is 29.9 Å². The van der Waals surface area contributed by atoms with E-state index >= 15 is 0 Å². The second-order valence-electron chi connectivity index (χ2n) is 5.80. The maximum Gasteiger partial charge on any atom is 0.191 e. The smallest absolute Gasteiger partial charge is 0.191 e. The lowest BCUT2D eigenvalue weighted by Gasteiger charge is -2.42. The van der Waals surface area contributed by atoms with Crippen LogP contribution in [-0.4, -0.2) is 39.8 Å². The number of aliphatic imine (C=N–C) groups is 1. The number of nitrogens with one attached hydrogen (secondary N) is 2. The number of hydrogen-bond acceptors (Lipinski definition) is 2. The average molecular weight is 383 g/mol. The molecule has 0 aromatic heterocycles. The van der Waals surface area contributed by atoms with Gasteiger partial charge in [-0.3, -0.25) is 4.99 Å². The molecular formula is C14H30IN3O. The summed E-state index contributed by atoms with van der Waals surface area (Å²) in [7, 11) is 3.61. The third kappa shape index (κ3) is 6.79. The molecule has 0 aliphatic heterocycles. The molecule has 4 nitrogen and oxygen atoms in total. The van der Waals surface area contributed by atoms with E-state index < -0.39 is 0 Å². The first kappa shape index (κ1) is 19.0. The summed E-state index contributed by atoms with van der Waals surface area (Å²) in [5, 5.41) is 6.81. The molecule has 2 N–H and O–H groups in total. The Labute approximate surface area is 135 Å². The lowest BCUT2D eigenvalue weighted by molar-refractivity contribution is 0.0732. The third-order valence-electron chi connectivity index (χ3n) is 3.78. The van der Waals surface area contributed by atoms with E-state index in [4.69, 9.17) is 4.74 Å². The van der Waals surface area contributed by atoms with Gasteiger partial charge in [-0.1, -0.05) is 20.3 Å². The van der Waals surface area contributed by atoms with Crippen LogP contribution in [0.25, 0.3) is 0 Å². The Bertz CT molecular complexity index is 265. The predicted octanol–water partition coefficient (Wildman–Crippen LogP) is 2.63. The van der Waals surface area contributed by atoms with Crippen LogP contribution in [0.4, 0.5) is 0 Å². The van der Waals surface area contributed by atoms with Gasteiger partial charge in [0.2, 0.25) is 0 Å². The number of rotatable bonds is 7. The highest BCUT2D eigenvalue weighted by Crippen LogP contribution is 2.43. The zero-order valence-electron chi connectivity index (χ0n) is 12.8. The highest BCUT2D eigenvalue weighted by Gasteiger charge is 2.36. The zero-order chi connectivity index (χ0) is 13.4. The molecule has 1 fully saturated rings. The highest BCUT2D eigenvalue weighted by atomic mass is 127. The summed E-state index contributed by atoms with van der Waals surface area (Å²) in [6.07, 6.45) is 5.12. The summed E-state index contributed by atoms with van der Waals surface area (Å²) in [5.74, 6) is 1.56. The van der Waals surface area contributed by atoms with Gasteiger partial charge >= 0.3 is 0 Å². The molecule has 0 aromatic carbocycles. The van der Waals surface area contributed by atoms with E-state index in [0.717, 1.165) is 32.1 Å². The van der Waals surface area contributed by atoms with Crippen LogP contribution in [0, 0.1) is 11.3 Å². The third-order valence-corrected chi connectivity index (χ3v) is 3.78. The summed E-state index contributed by atoms with van der Waals surface area (Å²) < 4.78 is 5.21. The van der Waals surface area contributed by atoms with Crippen LogP contribution in [0.2, 0.25) is 0 Å². The first-order chi connectivity index (χ1) is 8.62. The van der Waals surface area contributed by atoms with Gasteiger partial charge in [-0.15, -0.1) is 24.0 Å². The van der Waals surface area contributed by atoms with Crippen molar-refractivity contribution in [2.45, 2.75) is 39.5 Å². The molecule has 0 bridgehead atoms. The molecule has 1 rings (SSSR count). The minimum atomic E-state index is 0. The van der Waals surface area contributed by atoms with Crippen molar-refractivity contribution in [1.29, 1.82) is 0 Å². The first-order valence-corrected chi connectivity index (χ1v) is 7.05. The zero-order valence-corrected chi connectivity index (χ0v) is 15.1. The molecule has 0 atom stereocenters. The van der Waals surface area contributed by atoms with Crippen molar-refractivity contribution in [1.82, 2.24) is 10.6 Å². The van der Waals surface area contributed by atoms with Crippen molar-refractivity contribution in [3.05, 3.63) is 0 Å². The topological polar surface area (TPSA) is 45.7 Å². The van der Waals surface area contributed by atoms with E-state index in [1.807, 2.05) is 7.05 Å². The molecule has 0 heterocycles. The van der Waals surface area contributed by atoms with Crippen LogP contribution in [0.15, 0.2) is 4.99 Å². The summed E-state index contributed by atoms with van der Waals surface area (Å²) >= 11 is 0. The molecule has 0 saturated heterocycles. The number of methoxy groups -OCH3 is 1. The Hall–Kier alpha value is -0.0400. The number of nitrogens with zero attached hydrogens (tertiary/aromatic N) is 1. The Morgan fingerprint density at radius 1 is 1.32 bits per heavy atom. The fourth-order valence-electron chi connectivity index (χ4n) is 2.30. The molecule has 0 spiro atoms. The molecule has 1 saturated carbocycles. The fourth-order valence-corrected chi connectivity index (χ4v) is 2.30. The lowest BCUT2D eigenvalue weighted by Crippen LogP contribution is -2.47. The molecule has 5 heteroatoms. The van der Waals surface area contributed by atoms with E-state index in [9.17, 15) is 0 Å². The number of hydrogen-bond donors (Lipinski definition) is 2. The summed E-state index contributed by atoms with van der Waals surface area (Å²) in [5.41, 5.74) is 0.436. The largest absolute Gasteiger partial charge is 0.385 e. The molecule has 1 aliphatic carbocycles. The minimum absolute atomic E-state index is 0. The monoisotopic (exact) mass is 383 g/mol. The molecule has 114 valence electrons. The van der Waals surface area contributed by atoms with Crippen molar-refractivity contribution in [2.75, 3.05) is 33.9 Å². The number of halogens is 1. The van der Waals surface area contributed by atoms with Crippen LogP contribution in [0.5, 0.6) is 0 Å². The van der Waals surface area contributed by atoms with E-state index in [1.54, 1.807) is 7.11 Å². The first-order valence-electron chi connectivity index (χ1n) is 7.05. The Balaban J connectivity index is 0.00000324. The second-order valence-corrected chi connectivity index (χ2v) is 5.80. The molecule has 0 aromatic rings. The maximum absolute atomic E-state index is 5.21. The van der Waals surface area contributed by atoms with Crippen molar-refractivity contribution in [2.24, 2.45) is 16.3 Å². The van der Waals surface area contributed by atoms with Crippen LogP contribution < -0.4 is 10.6 Å². The van der Waals surface area contributed by atoms with Crippen molar-refractivity contribution in [3.63, 3.8) is 0 Å². The summed E-state index contributed by atoms with van der Waals surface area (Å²) in [4.78, 5) is 4.26. The molecule has 0 unspecified atom stereocenters. The summed E-state index contributed by atoms with van der Waals surface area (Å²) in [6.45, 7) is 7.23. The fraction of sp³-hybridized carbons (Fsp3) is 0.929. The predicted molar refractivity (Wildman–Crippen MR) is 92.4 cm³/mol. The average Bonchev–Trinajstić information content (AvgIpc) is 2.30. The number of guanidine groups is 1. The van der Waals surface area contributed by atoms with Gasteiger partial charge in [-0.25, -0.2) is 0 Å². The second kappa shape index (κ2) is 9.80. The Morgan fingerprint density at radius 3 is 2.42 bits per heavy atom. The SMILES string of the molecule is CN=C(NCC(C)C)NCC1(CCOC)CCC1.I. The number of ether oxygens (including phenoxy) is 1. The van der Waals surface area contributed by atoms with Crippen LogP contribution in [0.3, 0.4) is 0 Å². The minimum Gasteiger partial charge on any atom is -0.385 e. The van der Waals surface area contributed by atoms with Crippen LogP contribution in [-0.2, 0) is 4.74 Å². The van der Waals surface area contributed by atoms with E-state index in [1.165, 1.54) is 19.3 Å². The van der Waals surface area contributed by atoms with Gasteiger partial charge in [0.05, 0.1) is 0 Å². The molecule has 0 radical (unpaired) electrons. The van der Waals surface area contributed by atoms with Crippen LogP contribution >= 0.6 is 24.0 Å². The van der Waals surface area contributed by atoms with Crippen molar-refractivity contribution in [3.8, 4) is 0 Å². The van der Waals surface area contributed by atoms with E-state index in [-0.39, 0.29) is 24.0 Å². The molecular weight excluding hydrogens is 353 g/mol. The highest BCUT2D eigenvalue weighted by molar-refractivity contribution is 14.0. The van der Waals surface area contributed by atoms with E-state index in [2.05, 4.69) is 29.5 Å². The van der Waals surface area contributed by atoms with Gasteiger partial charge in [-0.05, 0) is 30.6 Å². The summed E-state index contributed by atoms with van der Waals surface area (Å²) in [6, 6.07) is 0. The van der Waals surface area contributed by atoms with E-state index in [0.29, 0.717) is 11.3 Å². The molecule has 0 amide bonds. The van der Waals surface area contributed by atoms with Crippen molar-refractivity contribution < 1.29 is 4.74 Å². The lowest BCUT2D eigenvalue weighted by atomic mass is 9.67. The van der Waals surface area contributed by atoms with Gasteiger partial charge in [0.1, 0.15) is 0 Å². The standard InChI is InChI=1S/C14H29N3O.HI/c1-12(2)10-16-13(15-3)17-11-14(6-5-7-14)8-9-18-4;/h12H,5-11H2,1-4H3,(H2,15,16,17);1H. The maximum atomic E-state index is 5.21. The quantitative estimate of drug-likeness (QED) is 0.404. The molecule has 19 heavy (non-hydrogen) atoms. The van der Waals surface area contributed by atoms with Gasteiger partial charge in [0.25, 0.3) is 0 Å². The van der Waals surface area contributed by atoms with Gasteiger partial charge in [0.15, 0.2) is 5.96 Å².